The Hall–Kier alpha value is -0.770. The molecule has 0 spiro atoms. The normalized spacial score (nSPS) is 24.8. The number of aromatic hydroxyl groups is 1. The number of benzene rings is 1. The molecule has 0 aliphatic carbocycles. The van der Waals surface area contributed by atoms with Crippen LogP contribution in [0.3, 0.4) is 0 Å². The summed E-state index contributed by atoms with van der Waals surface area (Å²) in [6, 6.07) is 5.29. The smallest absolute Gasteiger partial charge is 0.134 e. The molecule has 0 amide bonds. The predicted molar refractivity (Wildman–Crippen MR) is 68.4 cm³/mol. The molecule has 1 saturated heterocycles. The molecular formula is C13H18ClNO2. The Morgan fingerprint density at radius 3 is 3.00 bits per heavy atom. The number of nitrogens with one attached hydrogen (secondary N) is 1. The minimum atomic E-state index is 0.0443. The van der Waals surface area contributed by atoms with Crippen LogP contribution in [-0.2, 0) is 11.3 Å². The summed E-state index contributed by atoms with van der Waals surface area (Å²) < 4.78 is 5.49. The van der Waals surface area contributed by atoms with E-state index in [9.17, 15) is 5.11 Å². The van der Waals surface area contributed by atoms with Gasteiger partial charge in [0, 0.05) is 18.7 Å². The summed E-state index contributed by atoms with van der Waals surface area (Å²) >= 11 is 5.87. The van der Waals surface area contributed by atoms with Crippen LogP contribution in [0.5, 0.6) is 5.75 Å². The summed E-state index contributed by atoms with van der Waals surface area (Å²) in [6.45, 7) is 4.52. The number of rotatable bonds is 3. The molecule has 0 aromatic heterocycles. The predicted octanol–water partition coefficient (Wildman–Crippen LogP) is 2.70. The van der Waals surface area contributed by atoms with E-state index in [1.165, 1.54) is 0 Å². The molecule has 0 radical (unpaired) electrons. The lowest BCUT2D eigenvalue weighted by Gasteiger charge is -2.34. The molecule has 1 atom stereocenters. The summed E-state index contributed by atoms with van der Waals surface area (Å²) in [4.78, 5) is 0. The molecule has 3 nitrogen and oxygen atoms in total. The van der Waals surface area contributed by atoms with Crippen molar-refractivity contribution in [3.63, 3.8) is 0 Å². The second-order valence-corrected chi connectivity index (χ2v) is 5.26. The van der Waals surface area contributed by atoms with Gasteiger partial charge in [0.25, 0.3) is 0 Å². The fraction of sp³-hybridized carbons (Fsp3) is 0.538. The molecule has 4 heteroatoms. The van der Waals surface area contributed by atoms with Crippen LogP contribution in [0.4, 0.5) is 0 Å². The van der Waals surface area contributed by atoms with Gasteiger partial charge in [-0.2, -0.15) is 0 Å². The lowest BCUT2D eigenvalue weighted by Crippen LogP contribution is -2.48. The average Bonchev–Trinajstić information content (AvgIpc) is 2.32. The van der Waals surface area contributed by atoms with E-state index in [1.807, 2.05) is 6.07 Å². The van der Waals surface area contributed by atoms with E-state index in [-0.39, 0.29) is 11.3 Å². The third kappa shape index (κ3) is 3.35. The highest BCUT2D eigenvalue weighted by Crippen LogP contribution is 2.24. The van der Waals surface area contributed by atoms with Crippen LogP contribution in [0.25, 0.3) is 0 Å². The fourth-order valence-corrected chi connectivity index (χ4v) is 2.25. The molecule has 2 rings (SSSR count). The van der Waals surface area contributed by atoms with Crippen LogP contribution >= 0.6 is 11.6 Å². The second-order valence-electron chi connectivity index (χ2n) is 4.86. The van der Waals surface area contributed by atoms with Gasteiger partial charge in [0.05, 0.1) is 11.6 Å². The van der Waals surface area contributed by atoms with Crippen LogP contribution < -0.4 is 5.32 Å². The van der Waals surface area contributed by atoms with Gasteiger partial charge in [-0.1, -0.05) is 17.7 Å². The van der Waals surface area contributed by atoms with Gasteiger partial charge in [-0.15, -0.1) is 0 Å². The van der Waals surface area contributed by atoms with Crippen molar-refractivity contribution in [1.29, 1.82) is 0 Å². The number of ether oxygens (including phenoxy) is 1. The molecule has 94 valence electrons. The quantitative estimate of drug-likeness (QED) is 0.873. The van der Waals surface area contributed by atoms with E-state index in [1.54, 1.807) is 12.1 Å². The topological polar surface area (TPSA) is 41.5 Å². The van der Waals surface area contributed by atoms with Gasteiger partial charge in [-0.25, -0.2) is 0 Å². The van der Waals surface area contributed by atoms with Crippen LogP contribution in [0.15, 0.2) is 18.2 Å². The maximum Gasteiger partial charge on any atom is 0.134 e. The first-order valence-corrected chi connectivity index (χ1v) is 6.27. The molecule has 2 N–H and O–H groups in total. The summed E-state index contributed by atoms with van der Waals surface area (Å²) in [5.41, 5.74) is 1.11. The van der Waals surface area contributed by atoms with Gasteiger partial charge < -0.3 is 15.2 Å². The molecule has 1 aromatic carbocycles. The molecule has 1 fully saturated rings. The first-order valence-electron chi connectivity index (χ1n) is 5.89. The third-order valence-corrected chi connectivity index (χ3v) is 3.47. The van der Waals surface area contributed by atoms with Gasteiger partial charge >= 0.3 is 0 Å². The van der Waals surface area contributed by atoms with Crippen molar-refractivity contribution < 1.29 is 9.84 Å². The monoisotopic (exact) mass is 255 g/mol. The summed E-state index contributed by atoms with van der Waals surface area (Å²) in [5.74, 6) is 0.127. The molecular weight excluding hydrogens is 238 g/mol. The maximum atomic E-state index is 9.34. The molecule has 1 heterocycles. The van der Waals surface area contributed by atoms with Crippen molar-refractivity contribution in [3.05, 3.63) is 28.8 Å². The van der Waals surface area contributed by atoms with E-state index in [0.717, 1.165) is 38.2 Å². The minimum absolute atomic E-state index is 0.0443. The molecule has 17 heavy (non-hydrogen) atoms. The van der Waals surface area contributed by atoms with Gasteiger partial charge in [0.2, 0.25) is 0 Å². The lowest BCUT2D eigenvalue weighted by atomic mass is 9.94. The first kappa shape index (κ1) is 12.7. The average molecular weight is 256 g/mol. The van der Waals surface area contributed by atoms with Crippen molar-refractivity contribution in [2.75, 3.05) is 13.2 Å². The first-order chi connectivity index (χ1) is 8.09. The van der Waals surface area contributed by atoms with Crippen LogP contribution in [0.1, 0.15) is 25.3 Å². The van der Waals surface area contributed by atoms with Crippen molar-refractivity contribution in [1.82, 2.24) is 5.32 Å². The Labute approximate surface area is 107 Å². The Morgan fingerprint density at radius 2 is 2.35 bits per heavy atom. The molecule has 0 saturated carbocycles. The van der Waals surface area contributed by atoms with E-state index < -0.39 is 0 Å². The zero-order chi connectivity index (χ0) is 12.3. The SMILES string of the molecule is CC1(NCc2ccc(O)c(Cl)c2)CCCOC1. The fourth-order valence-electron chi connectivity index (χ4n) is 2.05. The molecule has 1 aliphatic rings. The van der Waals surface area contributed by atoms with Crippen LogP contribution in [-0.4, -0.2) is 23.9 Å². The van der Waals surface area contributed by atoms with E-state index in [0.29, 0.717) is 5.02 Å². The number of phenols is 1. The highest BCUT2D eigenvalue weighted by Gasteiger charge is 2.26. The van der Waals surface area contributed by atoms with E-state index >= 15 is 0 Å². The highest BCUT2D eigenvalue weighted by molar-refractivity contribution is 6.32. The van der Waals surface area contributed by atoms with E-state index in [2.05, 4.69) is 12.2 Å². The van der Waals surface area contributed by atoms with Crippen molar-refractivity contribution >= 4 is 11.6 Å². The Balaban J connectivity index is 1.94. The van der Waals surface area contributed by atoms with Crippen LogP contribution in [0, 0.1) is 0 Å². The highest BCUT2D eigenvalue weighted by atomic mass is 35.5. The van der Waals surface area contributed by atoms with Gasteiger partial charge in [-0.3, -0.25) is 0 Å². The maximum absolute atomic E-state index is 9.34. The van der Waals surface area contributed by atoms with Crippen molar-refractivity contribution in [3.8, 4) is 5.75 Å². The van der Waals surface area contributed by atoms with Crippen molar-refractivity contribution in [2.24, 2.45) is 0 Å². The summed E-state index contributed by atoms with van der Waals surface area (Å²) in [7, 11) is 0. The molecule has 1 aromatic rings. The number of hydrogen-bond acceptors (Lipinski definition) is 3. The zero-order valence-corrected chi connectivity index (χ0v) is 10.8. The summed E-state index contributed by atoms with van der Waals surface area (Å²) in [6.07, 6.45) is 2.22. The molecule has 0 bridgehead atoms. The lowest BCUT2D eigenvalue weighted by molar-refractivity contribution is 0.0278. The van der Waals surface area contributed by atoms with Crippen molar-refractivity contribution in [2.45, 2.75) is 31.8 Å². The molecule has 1 unspecified atom stereocenters. The number of hydrogen-bond donors (Lipinski definition) is 2. The zero-order valence-electron chi connectivity index (χ0n) is 10.0. The minimum Gasteiger partial charge on any atom is -0.506 e. The van der Waals surface area contributed by atoms with Crippen LogP contribution in [0.2, 0.25) is 5.02 Å². The standard InChI is InChI=1S/C13H18ClNO2/c1-13(5-2-6-17-9-13)15-8-10-3-4-12(16)11(14)7-10/h3-4,7,15-16H,2,5-6,8-9H2,1H3. The Kier molecular flexibility index (Phi) is 3.92. The largest absolute Gasteiger partial charge is 0.506 e. The number of halogens is 1. The molecule has 1 aliphatic heterocycles. The van der Waals surface area contributed by atoms with E-state index in [4.69, 9.17) is 16.3 Å². The van der Waals surface area contributed by atoms with Gasteiger partial charge in [-0.05, 0) is 37.5 Å². The third-order valence-electron chi connectivity index (χ3n) is 3.17. The van der Waals surface area contributed by atoms with Gasteiger partial charge in [0.15, 0.2) is 0 Å². The van der Waals surface area contributed by atoms with Gasteiger partial charge in [0.1, 0.15) is 5.75 Å². The number of phenolic OH excluding ortho intramolecular Hbond substituents is 1. The Morgan fingerprint density at radius 1 is 1.53 bits per heavy atom. The summed E-state index contributed by atoms with van der Waals surface area (Å²) in [5, 5.41) is 13.2. The Bertz CT molecular complexity index is 389. The second kappa shape index (κ2) is 5.25.